The summed E-state index contributed by atoms with van der Waals surface area (Å²) in [5.74, 6) is -0.692. The number of carbonyl (C=O) groups is 1. The van der Waals surface area contributed by atoms with E-state index < -0.39 is 11.6 Å². The second-order valence-electron chi connectivity index (χ2n) is 8.87. The van der Waals surface area contributed by atoms with Gasteiger partial charge in [0.05, 0.1) is 17.1 Å². The van der Waals surface area contributed by atoms with E-state index in [4.69, 9.17) is 19.6 Å². The number of methoxy groups -OCH3 is 1. The molecule has 184 valence electrons. The maximum Gasteiger partial charge on any atom is 0.419 e. The molecule has 9 heteroatoms. The maximum absolute atomic E-state index is 12.7. The Labute approximate surface area is 203 Å². The summed E-state index contributed by atoms with van der Waals surface area (Å²) in [5, 5.41) is 12.4. The van der Waals surface area contributed by atoms with Crippen LogP contribution in [-0.2, 0) is 27.2 Å². The average Bonchev–Trinajstić information content (AvgIpc) is 3.18. The van der Waals surface area contributed by atoms with Crippen molar-refractivity contribution in [2.75, 3.05) is 26.9 Å². The lowest BCUT2D eigenvalue weighted by molar-refractivity contribution is -0.130. The molecule has 3 N–H and O–H groups in total. The predicted molar refractivity (Wildman–Crippen MR) is 131 cm³/mol. The Morgan fingerprint density at radius 1 is 1.23 bits per heavy atom. The number of amides is 1. The molecule has 0 saturated carbocycles. The Morgan fingerprint density at radius 2 is 1.94 bits per heavy atom. The van der Waals surface area contributed by atoms with Gasteiger partial charge in [-0.15, -0.1) is 0 Å². The molecule has 3 aromatic rings. The third-order valence-electron chi connectivity index (χ3n) is 6.42. The lowest BCUT2D eigenvalue weighted by atomic mass is 9.90. The van der Waals surface area contributed by atoms with Crippen LogP contribution in [0.3, 0.4) is 0 Å². The summed E-state index contributed by atoms with van der Waals surface area (Å²) in [7, 11) is 1.63. The van der Waals surface area contributed by atoms with Gasteiger partial charge in [-0.3, -0.25) is 9.36 Å². The number of aromatic nitrogens is 1. The van der Waals surface area contributed by atoms with E-state index in [9.17, 15) is 14.9 Å². The number of fused-ring (bicyclic) bond motifs is 1. The second kappa shape index (κ2) is 10.9. The maximum atomic E-state index is 12.7. The Morgan fingerprint density at radius 3 is 2.63 bits per heavy atom. The van der Waals surface area contributed by atoms with Gasteiger partial charge in [0.25, 0.3) is 0 Å². The van der Waals surface area contributed by atoms with Crippen LogP contribution in [0, 0.1) is 11.3 Å². The number of rotatable bonds is 9. The molecule has 0 radical (unpaired) electrons. The van der Waals surface area contributed by atoms with Gasteiger partial charge in [-0.25, -0.2) is 4.79 Å². The molecule has 4 rings (SSSR count). The molecule has 1 amide bonds. The normalized spacial score (nSPS) is 16.0. The minimum Gasteiger partial charge on any atom is -0.408 e. The fourth-order valence-corrected chi connectivity index (χ4v) is 4.28. The summed E-state index contributed by atoms with van der Waals surface area (Å²) in [6.07, 6.45) is 1.95. The van der Waals surface area contributed by atoms with Gasteiger partial charge in [0.1, 0.15) is 6.04 Å². The van der Waals surface area contributed by atoms with E-state index in [1.807, 2.05) is 36.4 Å². The van der Waals surface area contributed by atoms with Crippen molar-refractivity contribution in [2.24, 2.45) is 5.73 Å². The quantitative estimate of drug-likeness (QED) is 0.451. The van der Waals surface area contributed by atoms with E-state index in [0.29, 0.717) is 57.6 Å². The Bertz CT molecular complexity index is 1270. The molecular weight excluding hydrogens is 448 g/mol. The number of hydrogen-bond donors (Lipinski definition) is 2. The molecule has 1 fully saturated rings. The predicted octanol–water partition coefficient (Wildman–Crippen LogP) is 2.36. The SMILES string of the molecule is COCCCn1c(=O)oc2ccc(-c3ccc(CC(C#N)NC(=O)C4(N)CCOCC4)cc3)cc21. The Kier molecular flexibility index (Phi) is 7.66. The fraction of sp³-hybridized carbons (Fsp3) is 0.423. The van der Waals surface area contributed by atoms with Crippen molar-refractivity contribution in [3.63, 3.8) is 0 Å². The first-order valence-corrected chi connectivity index (χ1v) is 11.7. The smallest absolute Gasteiger partial charge is 0.408 e. The van der Waals surface area contributed by atoms with Gasteiger partial charge in [-0.2, -0.15) is 5.26 Å². The van der Waals surface area contributed by atoms with Crippen LogP contribution in [0.1, 0.15) is 24.8 Å². The zero-order valence-electron chi connectivity index (χ0n) is 19.8. The highest BCUT2D eigenvalue weighted by Crippen LogP contribution is 2.25. The molecule has 1 saturated heterocycles. The molecule has 35 heavy (non-hydrogen) atoms. The number of aryl methyl sites for hydroxylation is 1. The van der Waals surface area contributed by atoms with Crippen LogP contribution < -0.4 is 16.8 Å². The van der Waals surface area contributed by atoms with E-state index >= 15 is 0 Å². The third-order valence-corrected chi connectivity index (χ3v) is 6.42. The first kappa shape index (κ1) is 24.7. The molecule has 0 aliphatic carbocycles. The number of nitrogens with one attached hydrogen (secondary N) is 1. The molecule has 1 atom stereocenters. The van der Waals surface area contributed by atoms with Gasteiger partial charge in [0, 0.05) is 39.9 Å². The zero-order valence-corrected chi connectivity index (χ0v) is 19.8. The van der Waals surface area contributed by atoms with E-state index in [1.54, 1.807) is 17.7 Å². The van der Waals surface area contributed by atoms with Crippen LogP contribution in [0.4, 0.5) is 0 Å². The minimum absolute atomic E-state index is 0.311. The number of hydrogen-bond acceptors (Lipinski definition) is 7. The second-order valence-corrected chi connectivity index (χ2v) is 8.87. The molecular formula is C26H30N4O5. The number of nitrogens with two attached hydrogens (primary N) is 1. The largest absolute Gasteiger partial charge is 0.419 e. The summed E-state index contributed by atoms with van der Waals surface area (Å²) in [6, 6.07) is 14.9. The number of nitrogens with zero attached hydrogens (tertiary/aromatic N) is 2. The van der Waals surface area contributed by atoms with Crippen molar-refractivity contribution >= 4 is 17.0 Å². The molecule has 1 aliphatic rings. The van der Waals surface area contributed by atoms with E-state index in [-0.39, 0.29) is 11.7 Å². The van der Waals surface area contributed by atoms with E-state index in [0.717, 1.165) is 22.2 Å². The highest BCUT2D eigenvalue weighted by Gasteiger charge is 2.36. The van der Waals surface area contributed by atoms with Gasteiger partial charge in [-0.1, -0.05) is 30.3 Å². The fourth-order valence-electron chi connectivity index (χ4n) is 4.28. The number of nitriles is 1. The summed E-state index contributed by atoms with van der Waals surface area (Å²) in [5.41, 5.74) is 9.35. The number of oxazole rings is 1. The molecule has 1 unspecified atom stereocenters. The Hall–Kier alpha value is -3.45. The van der Waals surface area contributed by atoms with Crippen LogP contribution >= 0.6 is 0 Å². The number of carbonyl (C=O) groups excluding carboxylic acids is 1. The van der Waals surface area contributed by atoms with Crippen LogP contribution in [-0.4, -0.2) is 49.0 Å². The third kappa shape index (κ3) is 5.62. The topological polar surface area (TPSA) is 133 Å². The minimum atomic E-state index is -0.993. The van der Waals surface area contributed by atoms with Gasteiger partial charge >= 0.3 is 5.76 Å². The van der Waals surface area contributed by atoms with Crippen molar-refractivity contribution in [3.05, 3.63) is 58.6 Å². The van der Waals surface area contributed by atoms with Crippen molar-refractivity contribution in [1.29, 1.82) is 5.26 Å². The van der Waals surface area contributed by atoms with E-state index in [2.05, 4.69) is 11.4 Å². The molecule has 1 aliphatic heterocycles. The van der Waals surface area contributed by atoms with Crippen LogP contribution in [0.15, 0.2) is 51.7 Å². The summed E-state index contributed by atoms with van der Waals surface area (Å²) < 4.78 is 17.4. The monoisotopic (exact) mass is 478 g/mol. The van der Waals surface area contributed by atoms with Crippen molar-refractivity contribution in [3.8, 4) is 17.2 Å². The lowest BCUT2D eigenvalue weighted by Crippen LogP contribution is -2.58. The standard InChI is InChI=1S/C26H30N4O5/c1-33-12-2-11-30-22-16-20(7-8-23(22)35-25(30)32)19-5-3-18(4-6-19)15-21(17-27)29-24(31)26(28)9-13-34-14-10-26/h3-8,16,21H,2,9-15,28H2,1H3,(H,29,31). The van der Waals surface area contributed by atoms with Crippen LogP contribution in [0.25, 0.3) is 22.2 Å². The highest BCUT2D eigenvalue weighted by molar-refractivity contribution is 5.86. The van der Waals surface area contributed by atoms with Gasteiger partial charge in [-0.05, 0) is 48.1 Å². The lowest BCUT2D eigenvalue weighted by Gasteiger charge is -2.32. The zero-order chi connectivity index (χ0) is 24.8. The van der Waals surface area contributed by atoms with Gasteiger partial charge in [0.2, 0.25) is 5.91 Å². The Balaban J connectivity index is 1.46. The van der Waals surface area contributed by atoms with Crippen molar-refractivity contribution in [1.82, 2.24) is 9.88 Å². The number of ether oxygens (including phenoxy) is 2. The first-order chi connectivity index (χ1) is 16.9. The molecule has 9 nitrogen and oxygen atoms in total. The molecule has 2 aromatic carbocycles. The van der Waals surface area contributed by atoms with Crippen molar-refractivity contribution < 1.29 is 18.7 Å². The first-order valence-electron chi connectivity index (χ1n) is 11.7. The van der Waals surface area contributed by atoms with Gasteiger partial charge < -0.3 is 24.9 Å². The molecule has 1 aromatic heterocycles. The van der Waals surface area contributed by atoms with Gasteiger partial charge in [0.15, 0.2) is 5.58 Å². The number of benzene rings is 2. The summed E-state index contributed by atoms with van der Waals surface area (Å²) in [4.78, 5) is 24.9. The van der Waals surface area contributed by atoms with Crippen LogP contribution in [0.2, 0.25) is 0 Å². The average molecular weight is 479 g/mol. The molecule has 0 spiro atoms. The summed E-state index contributed by atoms with van der Waals surface area (Å²) >= 11 is 0. The molecule has 2 heterocycles. The highest BCUT2D eigenvalue weighted by atomic mass is 16.5. The van der Waals surface area contributed by atoms with E-state index in [1.165, 1.54) is 0 Å². The molecule has 0 bridgehead atoms. The summed E-state index contributed by atoms with van der Waals surface area (Å²) in [6.45, 7) is 1.96. The van der Waals surface area contributed by atoms with Crippen molar-refractivity contribution in [2.45, 2.75) is 43.8 Å². The van der Waals surface area contributed by atoms with Crippen LogP contribution in [0.5, 0.6) is 0 Å².